The van der Waals surface area contributed by atoms with Gasteiger partial charge in [0.2, 0.25) is 0 Å². The molecule has 1 heterocycles. The summed E-state index contributed by atoms with van der Waals surface area (Å²) in [7, 11) is 0. The molecule has 3 amide bonds. The maximum Gasteiger partial charge on any atom is 0.267 e. The van der Waals surface area contributed by atoms with Crippen LogP contribution >= 0.6 is 58.0 Å². The number of anilines is 2. The highest BCUT2D eigenvalue weighted by molar-refractivity contribution is 6.56. The van der Waals surface area contributed by atoms with E-state index in [0.717, 1.165) is 10.5 Å². The smallest absolute Gasteiger partial charge is 0.267 e. The number of rotatable bonds is 3. The Morgan fingerprint density at radius 2 is 1.41 bits per heavy atom. The summed E-state index contributed by atoms with van der Waals surface area (Å²) in [6, 6.07) is 11.1. The van der Waals surface area contributed by atoms with E-state index in [1.54, 1.807) is 30.3 Å². The predicted molar refractivity (Wildman–Crippen MR) is 128 cm³/mol. The standard InChI is InChI=1S/C22H11Cl5N2O3/c1-9-5-6-11(23)8-13(9)28-20(30)10-3-2-4-12(7-10)29-21(31)14-15(22(29)32)17(25)19(27)18(26)16(14)24/h2-8H,1H3,(H,28,30). The average Bonchev–Trinajstić information content (AvgIpc) is 3.03. The van der Waals surface area contributed by atoms with Gasteiger partial charge < -0.3 is 5.32 Å². The number of nitrogens with zero attached hydrogens (tertiary/aromatic N) is 1. The third-order valence-corrected chi connectivity index (χ3v) is 6.95. The van der Waals surface area contributed by atoms with Gasteiger partial charge in [-0.05, 0) is 42.8 Å². The molecule has 1 N–H and O–H groups in total. The van der Waals surface area contributed by atoms with E-state index in [0.29, 0.717) is 10.7 Å². The predicted octanol–water partition coefficient (Wildman–Crippen LogP) is 7.31. The number of benzene rings is 3. The van der Waals surface area contributed by atoms with E-state index in [1.165, 1.54) is 12.1 Å². The lowest BCUT2D eigenvalue weighted by atomic mass is 10.1. The van der Waals surface area contributed by atoms with Crippen molar-refractivity contribution in [2.75, 3.05) is 10.2 Å². The first-order valence-corrected chi connectivity index (χ1v) is 10.9. The topological polar surface area (TPSA) is 66.5 Å². The number of hydrogen-bond acceptors (Lipinski definition) is 3. The molecule has 0 aliphatic carbocycles. The Morgan fingerprint density at radius 3 is 2.00 bits per heavy atom. The third kappa shape index (κ3) is 3.74. The molecule has 0 saturated carbocycles. The van der Waals surface area contributed by atoms with Crippen LogP contribution < -0.4 is 10.2 Å². The molecular weight excluding hydrogens is 518 g/mol. The van der Waals surface area contributed by atoms with Gasteiger partial charge in [0.05, 0.1) is 36.9 Å². The fraction of sp³-hybridized carbons (Fsp3) is 0.0455. The molecule has 162 valence electrons. The van der Waals surface area contributed by atoms with Crippen molar-refractivity contribution in [1.29, 1.82) is 0 Å². The van der Waals surface area contributed by atoms with Crippen LogP contribution in [0.15, 0.2) is 42.5 Å². The van der Waals surface area contributed by atoms with Gasteiger partial charge in [0.25, 0.3) is 17.7 Å². The second-order valence-electron chi connectivity index (χ2n) is 6.92. The maximum absolute atomic E-state index is 13.0. The second kappa shape index (κ2) is 8.58. The molecule has 10 heteroatoms. The fourth-order valence-corrected chi connectivity index (χ4v) is 4.48. The van der Waals surface area contributed by atoms with Gasteiger partial charge >= 0.3 is 0 Å². The number of halogens is 5. The Labute approximate surface area is 207 Å². The van der Waals surface area contributed by atoms with Crippen molar-refractivity contribution >= 4 is 87.1 Å². The maximum atomic E-state index is 13.0. The highest BCUT2D eigenvalue weighted by atomic mass is 35.5. The van der Waals surface area contributed by atoms with Gasteiger partial charge in [-0.1, -0.05) is 70.1 Å². The lowest BCUT2D eigenvalue weighted by Crippen LogP contribution is -2.29. The number of nitrogens with one attached hydrogen (secondary N) is 1. The summed E-state index contributed by atoms with van der Waals surface area (Å²) in [5.74, 6) is -1.89. The number of fused-ring (bicyclic) bond motifs is 1. The van der Waals surface area contributed by atoms with Crippen LogP contribution in [0.2, 0.25) is 25.1 Å². The molecular formula is C22H11Cl5N2O3. The minimum atomic E-state index is -0.723. The number of carbonyl (C=O) groups excluding carboxylic acids is 3. The van der Waals surface area contributed by atoms with E-state index < -0.39 is 17.7 Å². The van der Waals surface area contributed by atoms with Crippen LogP contribution in [0.25, 0.3) is 0 Å². The Balaban J connectivity index is 1.71. The Hall–Kier alpha value is -2.28. The van der Waals surface area contributed by atoms with Crippen molar-refractivity contribution in [2.45, 2.75) is 6.92 Å². The molecule has 4 rings (SSSR count). The monoisotopic (exact) mass is 526 g/mol. The summed E-state index contributed by atoms with van der Waals surface area (Å²) in [6.07, 6.45) is 0. The average molecular weight is 529 g/mol. The number of aryl methyl sites for hydroxylation is 1. The molecule has 5 nitrogen and oxygen atoms in total. The summed E-state index contributed by atoms with van der Waals surface area (Å²) < 4.78 is 0. The van der Waals surface area contributed by atoms with Gasteiger partial charge in [-0.3, -0.25) is 14.4 Å². The van der Waals surface area contributed by atoms with Crippen LogP contribution in [0.4, 0.5) is 11.4 Å². The van der Waals surface area contributed by atoms with E-state index >= 15 is 0 Å². The van der Waals surface area contributed by atoms with Crippen LogP contribution in [-0.4, -0.2) is 17.7 Å². The van der Waals surface area contributed by atoms with Gasteiger partial charge in [0.1, 0.15) is 0 Å². The first kappa shape index (κ1) is 22.9. The largest absolute Gasteiger partial charge is 0.322 e. The van der Waals surface area contributed by atoms with Crippen molar-refractivity contribution < 1.29 is 14.4 Å². The van der Waals surface area contributed by atoms with Crippen molar-refractivity contribution in [2.24, 2.45) is 0 Å². The Bertz CT molecular complexity index is 1290. The quantitative estimate of drug-likeness (QED) is 0.220. The van der Waals surface area contributed by atoms with Crippen molar-refractivity contribution in [3.05, 3.63) is 89.8 Å². The molecule has 0 bridgehead atoms. The minimum absolute atomic E-state index is 0.120. The van der Waals surface area contributed by atoms with Gasteiger partial charge in [-0.25, -0.2) is 4.90 Å². The van der Waals surface area contributed by atoms with Gasteiger partial charge in [0, 0.05) is 16.3 Å². The number of carbonyl (C=O) groups is 3. The molecule has 0 aromatic heterocycles. The van der Waals surface area contributed by atoms with Gasteiger partial charge in [-0.2, -0.15) is 0 Å². The minimum Gasteiger partial charge on any atom is -0.322 e. The van der Waals surface area contributed by atoms with Crippen molar-refractivity contribution in [1.82, 2.24) is 0 Å². The number of imide groups is 1. The Kier molecular flexibility index (Phi) is 6.14. The van der Waals surface area contributed by atoms with Crippen molar-refractivity contribution in [3.63, 3.8) is 0 Å². The van der Waals surface area contributed by atoms with Crippen LogP contribution in [0, 0.1) is 6.92 Å². The van der Waals surface area contributed by atoms with Gasteiger partial charge in [0.15, 0.2) is 0 Å². The van der Waals surface area contributed by atoms with Crippen LogP contribution in [0.1, 0.15) is 36.6 Å². The third-order valence-electron chi connectivity index (χ3n) is 4.92. The highest BCUT2D eigenvalue weighted by Gasteiger charge is 2.42. The summed E-state index contributed by atoms with van der Waals surface area (Å²) >= 11 is 30.5. The molecule has 3 aromatic rings. The van der Waals surface area contributed by atoms with E-state index in [1.807, 2.05) is 6.92 Å². The zero-order valence-electron chi connectivity index (χ0n) is 16.1. The first-order chi connectivity index (χ1) is 15.1. The molecule has 1 aliphatic heterocycles. The van der Waals surface area contributed by atoms with Crippen LogP contribution in [0.5, 0.6) is 0 Å². The number of hydrogen-bond donors (Lipinski definition) is 1. The molecule has 32 heavy (non-hydrogen) atoms. The highest BCUT2D eigenvalue weighted by Crippen LogP contribution is 2.45. The summed E-state index contributed by atoms with van der Waals surface area (Å²) in [4.78, 5) is 39.8. The summed E-state index contributed by atoms with van der Waals surface area (Å²) in [5, 5.41) is 2.67. The van der Waals surface area contributed by atoms with E-state index in [2.05, 4.69) is 5.32 Å². The molecule has 3 aromatic carbocycles. The summed E-state index contributed by atoms with van der Waals surface area (Å²) in [5.41, 5.74) is 1.45. The molecule has 0 saturated heterocycles. The SMILES string of the molecule is Cc1ccc(Cl)cc1NC(=O)c1cccc(N2C(=O)c3c(Cl)c(Cl)c(Cl)c(Cl)c3C2=O)c1. The molecule has 0 fully saturated rings. The Morgan fingerprint density at radius 1 is 0.812 bits per heavy atom. The normalized spacial score (nSPS) is 12.9. The van der Waals surface area contributed by atoms with E-state index in [4.69, 9.17) is 58.0 Å². The summed E-state index contributed by atoms with van der Waals surface area (Å²) in [6.45, 7) is 1.82. The van der Waals surface area contributed by atoms with E-state index in [9.17, 15) is 14.4 Å². The molecule has 0 atom stereocenters. The zero-order chi connectivity index (χ0) is 23.3. The van der Waals surface area contributed by atoms with Gasteiger partial charge in [-0.15, -0.1) is 0 Å². The van der Waals surface area contributed by atoms with Crippen molar-refractivity contribution in [3.8, 4) is 0 Å². The fourth-order valence-electron chi connectivity index (χ4n) is 3.29. The number of amides is 3. The molecule has 0 spiro atoms. The molecule has 0 radical (unpaired) electrons. The lowest BCUT2D eigenvalue weighted by molar-refractivity contribution is 0.0924. The zero-order valence-corrected chi connectivity index (χ0v) is 19.9. The second-order valence-corrected chi connectivity index (χ2v) is 8.86. The van der Waals surface area contributed by atoms with Crippen LogP contribution in [0.3, 0.4) is 0 Å². The molecule has 0 unspecified atom stereocenters. The first-order valence-electron chi connectivity index (χ1n) is 9.04. The van der Waals surface area contributed by atoms with Crippen LogP contribution in [-0.2, 0) is 0 Å². The lowest BCUT2D eigenvalue weighted by Gasteiger charge is -2.15. The van der Waals surface area contributed by atoms with E-state index in [-0.39, 0.29) is 42.5 Å². The molecule has 1 aliphatic rings.